The minimum atomic E-state index is 0.546. The molecule has 0 aliphatic carbocycles. The van der Waals surface area contributed by atoms with Gasteiger partial charge >= 0.3 is 0 Å². The zero-order valence-corrected chi connectivity index (χ0v) is 6.66. The molecule has 1 aliphatic heterocycles. The predicted molar refractivity (Wildman–Crippen MR) is 42.9 cm³/mol. The van der Waals surface area contributed by atoms with Gasteiger partial charge in [0.05, 0.1) is 12.0 Å². The number of aryl methyl sites for hydroxylation is 1. The van der Waals surface area contributed by atoms with Crippen molar-refractivity contribution in [2.75, 3.05) is 0 Å². The number of nitrogens with zero attached hydrogens (tertiary/aromatic N) is 3. The third kappa shape index (κ3) is 1.06. The third-order valence-electron chi connectivity index (χ3n) is 2.14. The molecular weight excluding hydrogens is 154 g/mol. The van der Waals surface area contributed by atoms with Gasteiger partial charge in [0.25, 0.3) is 0 Å². The van der Waals surface area contributed by atoms with Crippen molar-refractivity contribution < 1.29 is 4.79 Å². The lowest BCUT2D eigenvalue weighted by molar-refractivity contribution is 0.532. The standard InChI is InChI=1S/C8H9N3O/c12-6-10-8-7-3-1-2-4-11(7)5-9-8/h5H,1-4H2. The van der Waals surface area contributed by atoms with Gasteiger partial charge in [0, 0.05) is 6.54 Å². The summed E-state index contributed by atoms with van der Waals surface area (Å²) in [6.45, 7) is 0.997. The second-order valence-corrected chi connectivity index (χ2v) is 2.87. The van der Waals surface area contributed by atoms with E-state index in [9.17, 15) is 4.79 Å². The largest absolute Gasteiger partial charge is 0.333 e. The number of imidazole rings is 1. The first kappa shape index (κ1) is 7.25. The van der Waals surface area contributed by atoms with Crippen molar-refractivity contribution in [3.63, 3.8) is 0 Å². The van der Waals surface area contributed by atoms with Crippen LogP contribution in [0.3, 0.4) is 0 Å². The molecule has 0 radical (unpaired) electrons. The number of carbonyl (C=O) groups excluding carboxylic acids is 1. The Kier molecular flexibility index (Phi) is 1.76. The summed E-state index contributed by atoms with van der Waals surface area (Å²) in [4.78, 5) is 17.6. The van der Waals surface area contributed by atoms with E-state index < -0.39 is 0 Å². The molecule has 0 saturated heterocycles. The molecule has 0 amide bonds. The van der Waals surface area contributed by atoms with Crippen LogP contribution in [0.1, 0.15) is 18.5 Å². The topological polar surface area (TPSA) is 47.2 Å². The normalized spacial score (nSPS) is 15.0. The Morgan fingerprint density at radius 1 is 1.58 bits per heavy atom. The van der Waals surface area contributed by atoms with Gasteiger partial charge in [-0.05, 0) is 19.3 Å². The van der Waals surface area contributed by atoms with E-state index in [1.54, 1.807) is 6.33 Å². The van der Waals surface area contributed by atoms with Crippen molar-refractivity contribution in [1.29, 1.82) is 0 Å². The lowest BCUT2D eigenvalue weighted by Crippen LogP contribution is -2.08. The molecule has 4 nitrogen and oxygen atoms in total. The van der Waals surface area contributed by atoms with Crippen LogP contribution in [0.15, 0.2) is 11.3 Å². The van der Waals surface area contributed by atoms with Crippen molar-refractivity contribution in [3.8, 4) is 0 Å². The van der Waals surface area contributed by atoms with Crippen LogP contribution in [-0.2, 0) is 17.8 Å². The Morgan fingerprint density at radius 2 is 2.50 bits per heavy atom. The maximum absolute atomic E-state index is 10.0. The fourth-order valence-corrected chi connectivity index (χ4v) is 1.56. The van der Waals surface area contributed by atoms with Crippen LogP contribution >= 0.6 is 0 Å². The Bertz CT molecular complexity index is 336. The van der Waals surface area contributed by atoms with Crippen molar-refractivity contribution in [2.24, 2.45) is 4.99 Å². The van der Waals surface area contributed by atoms with E-state index in [0.29, 0.717) is 5.82 Å². The first-order chi connectivity index (χ1) is 5.92. The van der Waals surface area contributed by atoms with Gasteiger partial charge in [-0.3, -0.25) is 0 Å². The van der Waals surface area contributed by atoms with Crippen LogP contribution in [-0.4, -0.2) is 15.6 Å². The van der Waals surface area contributed by atoms with Crippen LogP contribution in [0, 0.1) is 0 Å². The quantitative estimate of drug-likeness (QED) is 0.461. The summed E-state index contributed by atoms with van der Waals surface area (Å²) in [5.74, 6) is 0.546. The highest BCUT2D eigenvalue weighted by Gasteiger charge is 2.13. The van der Waals surface area contributed by atoms with Gasteiger partial charge in [0.15, 0.2) is 5.82 Å². The molecule has 2 heterocycles. The summed E-state index contributed by atoms with van der Waals surface area (Å²) < 4.78 is 2.06. The highest BCUT2D eigenvalue weighted by Crippen LogP contribution is 2.22. The highest BCUT2D eigenvalue weighted by molar-refractivity contribution is 5.47. The molecule has 0 saturated carbocycles. The van der Waals surface area contributed by atoms with Crippen molar-refractivity contribution in [1.82, 2.24) is 9.55 Å². The van der Waals surface area contributed by atoms with E-state index in [2.05, 4.69) is 14.5 Å². The second-order valence-electron chi connectivity index (χ2n) is 2.87. The number of aliphatic imine (C=N–C) groups is 1. The van der Waals surface area contributed by atoms with E-state index in [1.165, 1.54) is 12.5 Å². The lowest BCUT2D eigenvalue weighted by atomic mass is 10.1. The molecular formula is C8H9N3O. The van der Waals surface area contributed by atoms with Crippen LogP contribution in [0.2, 0.25) is 0 Å². The number of hydrogen-bond acceptors (Lipinski definition) is 3. The summed E-state index contributed by atoms with van der Waals surface area (Å²) in [6, 6.07) is 0. The molecule has 0 fully saturated rings. The SMILES string of the molecule is O=C=Nc1ncn2c1CCCC2. The Balaban J connectivity index is 2.44. The number of isocyanates is 1. The molecule has 0 atom stereocenters. The van der Waals surface area contributed by atoms with Crippen molar-refractivity contribution >= 4 is 11.9 Å². The fourth-order valence-electron chi connectivity index (χ4n) is 1.56. The maximum atomic E-state index is 10.0. The van der Waals surface area contributed by atoms with Crippen LogP contribution < -0.4 is 0 Å². The molecule has 4 heteroatoms. The third-order valence-corrected chi connectivity index (χ3v) is 2.14. The first-order valence-electron chi connectivity index (χ1n) is 4.03. The lowest BCUT2D eigenvalue weighted by Gasteiger charge is -2.13. The Hall–Kier alpha value is -1.41. The number of aromatic nitrogens is 2. The number of rotatable bonds is 1. The van der Waals surface area contributed by atoms with E-state index in [0.717, 1.165) is 25.1 Å². The van der Waals surface area contributed by atoms with E-state index in [-0.39, 0.29) is 0 Å². The van der Waals surface area contributed by atoms with Gasteiger partial charge in [0.2, 0.25) is 6.08 Å². The monoisotopic (exact) mass is 163 g/mol. The maximum Gasteiger partial charge on any atom is 0.242 e. The van der Waals surface area contributed by atoms with Gasteiger partial charge in [0.1, 0.15) is 0 Å². The van der Waals surface area contributed by atoms with Crippen molar-refractivity contribution in [2.45, 2.75) is 25.8 Å². The molecule has 2 rings (SSSR count). The zero-order valence-electron chi connectivity index (χ0n) is 6.66. The molecule has 12 heavy (non-hydrogen) atoms. The minimum absolute atomic E-state index is 0.546. The Labute approximate surface area is 69.9 Å². The summed E-state index contributed by atoms with van der Waals surface area (Å²) in [5.41, 5.74) is 1.07. The molecule has 0 bridgehead atoms. The molecule has 1 aliphatic rings. The van der Waals surface area contributed by atoms with Gasteiger partial charge in [-0.15, -0.1) is 4.99 Å². The van der Waals surface area contributed by atoms with Gasteiger partial charge in [-0.25, -0.2) is 9.78 Å². The number of fused-ring (bicyclic) bond motifs is 1. The molecule has 0 spiro atoms. The molecule has 0 aromatic carbocycles. The van der Waals surface area contributed by atoms with E-state index in [1.807, 2.05) is 0 Å². The molecule has 1 aromatic rings. The van der Waals surface area contributed by atoms with Gasteiger partial charge in [-0.2, -0.15) is 0 Å². The second kappa shape index (κ2) is 2.91. The van der Waals surface area contributed by atoms with Crippen LogP contribution in [0.25, 0.3) is 0 Å². The summed E-state index contributed by atoms with van der Waals surface area (Å²) >= 11 is 0. The highest BCUT2D eigenvalue weighted by atomic mass is 16.1. The average molecular weight is 163 g/mol. The summed E-state index contributed by atoms with van der Waals surface area (Å²) in [5, 5.41) is 0. The first-order valence-corrected chi connectivity index (χ1v) is 4.03. The van der Waals surface area contributed by atoms with Gasteiger partial charge < -0.3 is 4.57 Å². The number of hydrogen-bond donors (Lipinski definition) is 0. The van der Waals surface area contributed by atoms with E-state index >= 15 is 0 Å². The Morgan fingerprint density at radius 3 is 3.33 bits per heavy atom. The van der Waals surface area contributed by atoms with Crippen molar-refractivity contribution in [3.05, 3.63) is 12.0 Å². The van der Waals surface area contributed by atoms with Crippen LogP contribution in [0.5, 0.6) is 0 Å². The molecule has 1 aromatic heterocycles. The summed E-state index contributed by atoms with van der Waals surface area (Å²) in [7, 11) is 0. The minimum Gasteiger partial charge on any atom is -0.333 e. The van der Waals surface area contributed by atoms with Crippen LogP contribution in [0.4, 0.5) is 5.82 Å². The fraction of sp³-hybridized carbons (Fsp3) is 0.500. The summed E-state index contributed by atoms with van der Waals surface area (Å²) in [6.07, 6.45) is 6.58. The average Bonchev–Trinajstić information content (AvgIpc) is 2.50. The molecule has 62 valence electrons. The zero-order chi connectivity index (χ0) is 8.39. The molecule has 0 unspecified atom stereocenters. The van der Waals surface area contributed by atoms with E-state index in [4.69, 9.17) is 0 Å². The predicted octanol–water partition coefficient (Wildman–Crippen LogP) is 1.19. The van der Waals surface area contributed by atoms with Gasteiger partial charge in [-0.1, -0.05) is 0 Å². The smallest absolute Gasteiger partial charge is 0.242 e. The molecule has 0 N–H and O–H groups in total.